The summed E-state index contributed by atoms with van der Waals surface area (Å²) in [6.07, 6.45) is -34.7. The molecule has 3 aromatic carbocycles. The summed E-state index contributed by atoms with van der Waals surface area (Å²) in [5, 5.41) is 0. The predicted molar refractivity (Wildman–Crippen MR) is 107 cm³/mol. The van der Waals surface area contributed by atoms with E-state index in [1.165, 1.54) is 0 Å². The summed E-state index contributed by atoms with van der Waals surface area (Å²) in [4.78, 5) is 0. The van der Waals surface area contributed by atoms with Crippen molar-refractivity contribution in [3.8, 4) is 22.3 Å². The van der Waals surface area contributed by atoms with Gasteiger partial charge in [0.2, 0.25) is 0 Å². The van der Waals surface area contributed by atoms with Gasteiger partial charge in [0.25, 0.3) is 0 Å². The van der Waals surface area contributed by atoms with Crippen LogP contribution in [0.25, 0.3) is 22.3 Å². The molecule has 0 heterocycles. The van der Waals surface area contributed by atoms with Crippen molar-refractivity contribution in [2.75, 3.05) is 0 Å². The third-order valence-electron chi connectivity index (χ3n) is 5.65. The molecule has 230 valence electrons. The molecule has 0 saturated carbocycles. The fourth-order valence-electron chi connectivity index (χ4n) is 3.90. The summed E-state index contributed by atoms with van der Waals surface area (Å²) in [6.45, 7) is 0. The summed E-state index contributed by atoms with van der Waals surface area (Å²) in [6, 6.07) is -3.80. The molecule has 0 saturated heterocycles. The van der Waals surface area contributed by atoms with Crippen LogP contribution in [-0.4, -0.2) is 0 Å². The van der Waals surface area contributed by atoms with Crippen molar-refractivity contribution >= 4 is 0 Å². The minimum atomic E-state index is -6.06. The van der Waals surface area contributed by atoms with E-state index in [1.54, 1.807) is 0 Å². The first kappa shape index (κ1) is 32.9. The Bertz CT molecular complexity index is 1370. The molecule has 0 N–H and O–H groups in total. The highest BCUT2D eigenvalue weighted by molar-refractivity contribution is 5.82. The van der Waals surface area contributed by atoms with Gasteiger partial charge in [0, 0.05) is 0 Å². The van der Waals surface area contributed by atoms with Gasteiger partial charge in [-0.25, -0.2) is 0 Å². The van der Waals surface area contributed by atoms with Crippen LogP contribution in [-0.2, 0) is 37.1 Å². The van der Waals surface area contributed by atoms with Crippen LogP contribution in [0.4, 0.5) is 79.0 Å². The van der Waals surface area contributed by atoms with Crippen molar-refractivity contribution in [2.45, 2.75) is 37.1 Å². The molecular weight excluding hydrogens is 630 g/mol. The van der Waals surface area contributed by atoms with Gasteiger partial charge in [-0.15, -0.1) is 0 Å². The smallest absolute Gasteiger partial charge is 0.166 e. The van der Waals surface area contributed by atoms with E-state index < -0.39 is 117 Å². The summed E-state index contributed by atoms with van der Waals surface area (Å²) < 4.78 is 245. The normalized spacial score (nSPS) is 14.0. The highest BCUT2D eigenvalue weighted by Gasteiger charge is 2.45. The third-order valence-corrected chi connectivity index (χ3v) is 5.65. The van der Waals surface area contributed by atoms with Crippen molar-refractivity contribution in [2.24, 2.45) is 0 Å². The largest absolute Gasteiger partial charge is 0.417 e. The molecule has 0 aliphatic carbocycles. The number of benzene rings is 3. The fraction of sp³-hybridized carbons (Fsp3) is 0.250. The van der Waals surface area contributed by atoms with Gasteiger partial charge in [0.15, 0.2) is 0 Å². The molecule has 0 amide bonds. The molecule has 0 aromatic heterocycles. The lowest BCUT2D eigenvalue weighted by Gasteiger charge is -2.24. The Morgan fingerprint density at radius 1 is 0.262 bits per heavy atom. The first-order chi connectivity index (χ1) is 18.6. The Morgan fingerprint density at radius 3 is 0.762 bits per heavy atom. The van der Waals surface area contributed by atoms with Crippen molar-refractivity contribution in [1.82, 2.24) is 0 Å². The van der Waals surface area contributed by atoms with Crippen LogP contribution < -0.4 is 0 Å². The highest BCUT2D eigenvalue weighted by Crippen LogP contribution is 2.51. The number of alkyl halides is 18. The lowest BCUT2D eigenvalue weighted by molar-refractivity contribution is -0.144. The topological polar surface area (TPSA) is 0 Å². The summed E-state index contributed by atoms with van der Waals surface area (Å²) in [5.41, 5.74) is -22.3. The maximum atomic E-state index is 13.9. The van der Waals surface area contributed by atoms with E-state index in [-0.39, 0.29) is 24.3 Å². The van der Waals surface area contributed by atoms with E-state index in [0.717, 1.165) is 0 Å². The average Bonchev–Trinajstić information content (AvgIpc) is 2.79. The Balaban J connectivity index is 2.66. The van der Waals surface area contributed by atoms with Crippen molar-refractivity contribution in [1.29, 1.82) is 0 Å². The molecule has 0 fully saturated rings. The zero-order valence-electron chi connectivity index (χ0n) is 19.4. The van der Waals surface area contributed by atoms with E-state index in [9.17, 15) is 79.0 Å². The zero-order chi connectivity index (χ0) is 32.4. The molecule has 0 unspecified atom stereocenters. The van der Waals surface area contributed by atoms with Gasteiger partial charge in [-0.2, -0.15) is 79.0 Å². The second kappa shape index (κ2) is 10.00. The zero-order valence-corrected chi connectivity index (χ0v) is 19.4. The monoisotopic (exact) mass is 638 g/mol. The molecule has 0 radical (unpaired) electrons. The number of halogens is 18. The Hall–Kier alpha value is -3.60. The van der Waals surface area contributed by atoms with Crippen molar-refractivity contribution in [3.05, 3.63) is 81.9 Å². The molecule has 42 heavy (non-hydrogen) atoms. The van der Waals surface area contributed by atoms with E-state index in [0.29, 0.717) is 0 Å². The molecular formula is C24H8F18. The van der Waals surface area contributed by atoms with Gasteiger partial charge in [0.1, 0.15) is 0 Å². The summed E-state index contributed by atoms with van der Waals surface area (Å²) >= 11 is 0. The molecule has 0 spiro atoms. The molecule has 3 aromatic rings. The molecule has 0 aliphatic heterocycles. The van der Waals surface area contributed by atoms with Gasteiger partial charge < -0.3 is 0 Å². The Morgan fingerprint density at radius 2 is 0.524 bits per heavy atom. The highest BCUT2D eigenvalue weighted by atomic mass is 19.4. The standard InChI is InChI=1S/C24H8F18/c25-19(26,27)9-1-3-15(21(31,32)33)11(5-9)13-7-14(18(24(40,41)42)8-17(13)23(37,38)39)12-6-10(20(28,29)30)2-4-16(12)22(34,35)36/h1-8H. The minimum Gasteiger partial charge on any atom is -0.166 e. The molecule has 0 bridgehead atoms. The second-order valence-corrected chi connectivity index (χ2v) is 8.45. The molecule has 0 atom stereocenters. The fourth-order valence-corrected chi connectivity index (χ4v) is 3.90. The minimum absolute atomic E-state index is 0.223. The molecule has 0 aliphatic rings. The number of hydrogen-bond acceptors (Lipinski definition) is 0. The van der Waals surface area contributed by atoms with Gasteiger partial charge >= 0.3 is 37.1 Å². The van der Waals surface area contributed by atoms with Crippen LogP contribution in [0.5, 0.6) is 0 Å². The van der Waals surface area contributed by atoms with E-state index in [1.807, 2.05) is 0 Å². The van der Waals surface area contributed by atoms with Gasteiger partial charge in [0.05, 0.1) is 33.4 Å². The van der Waals surface area contributed by atoms with E-state index in [2.05, 4.69) is 0 Å². The lowest BCUT2D eigenvalue weighted by atomic mass is 9.85. The van der Waals surface area contributed by atoms with Gasteiger partial charge in [-0.3, -0.25) is 0 Å². The maximum absolute atomic E-state index is 13.9. The lowest BCUT2D eigenvalue weighted by Crippen LogP contribution is -2.17. The van der Waals surface area contributed by atoms with Crippen LogP contribution in [0.3, 0.4) is 0 Å². The summed E-state index contributed by atoms with van der Waals surface area (Å²) in [7, 11) is 0. The van der Waals surface area contributed by atoms with Gasteiger partial charge in [-0.1, -0.05) is 0 Å². The van der Waals surface area contributed by atoms with Gasteiger partial charge in [-0.05, 0) is 70.8 Å². The average molecular weight is 638 g/mol. The third kappa shape index (κ3) is 6.72. The SMILES string of the molecule is FC(F)(F)c1ccc(C(F)(F)F)c(-c2cc(-c3cc(C(F)(F)F)ccc3C(F)(F)F)c(C(F)(F)F)cc2C(F)(F)F)c1. The quantitative estimate of drug-likeness (QED) is 0.245. The summed E-state index contributed by atoms with van der Waals surface area (Å²) in [5.74, 6) is 0. The molecule has 3 rings (SSSR count). The van der Waals surface area contributed by atoms with Crippen LogP contribution in [0.15, 0.2) is 48.5 Å². The second-order valence-electron chi connectivity index (χ2n) is 8.45. The van der Waals surface area contributed by atoms with Crippen LogP contribution in [0.2, 0.25) is 0 Å². The van der Waals surface area contributed by atoms with Crippen molar-refractivity contribution < 1.29 is 79.0 Å². The van der Waals surface area contributed by atoms with Crippen LogP contribution in [0, 0.1) is 0 Å². The van der Waals surface area contributed by atoms with Crippen molar-refractivity contribution in [3.63, 3.8) is 0 Å². The van der Waals surface area contributed by atoms with E-state index in [4.69, 9.17) is 0 Å². The number of hydrogen-bond donors (Lipinski definition) is 0. The molecule has 18 heteroatoms. The maximum Gasteiger partial charge on any atom is 0.417 e. The first-order valence-electron chi connectivity index (χ1n) is 10.5. The molecule has 0 nitrogen and oxygen atoms in total. The first-order valence-corrected chi connectivity index (χ1v) is 10.5. The number of rotatable bonds is 2. The van der Waals surface area contributed by atoms with Crippen LogP contribution in [0.1, 0.15) is 33.4 Å². The Kier molecular flexibility index (Phi) is 7.83. The van der Waals surface area contributed by atoms with Crippen LogP contribution >= 0.6 is 0 Å². The predicted octanol–water partition coefficient (Wildman–Crippen LogP) is 11.1. The van der Waals surface area contributed by atoms with E-state index >= 15 is 0 Å². The Labute approximate surface area is 221 Å².